The minimum absolute atomic E-state index is 0.892. The summed E-state index contributed by atoms with van der Waals surface area (Å²) in [5.74, 6) is 2.07. The van der Waals surface area contributed by atoms with Gasteiger partial charge in [-0.25, -0.2) is 0 Å². The van der Waals surface area contributed by atoms with Gasteiger partial charge in [0.15, 0.2) is 0 Å². The molecule has 10 heavy (non-hydrogen) atoms. The number of fused-ring (bicyclic) bond motifs is 2. The largest absolute Gasteiger partial charge is 0.314 e. The van der Waals surface area contributed by atoms with Gasteiger partial charge in [-0.2, -0.15) is 0 Å². The first-order valence-electron chi connectivity index (χ1n) is 4.62. The maximum Gasteiger partial charge on any atom is 0.00729 e. The van der Waals surface area contributed by atoms with E-state index in [4.69, 9.17) is 0 Å². The molecule has 2 aliphatic rings. The summed E-state index contributed by atoms with van der Waals surface area (Å²) in [6.45, 7) is 3.64. The molecule has 1 aliphatic heterocycles. The highest BCUT2D eigenvalue weighted by molar-refractivity contribution is 4.89. The molecule has 3 unspecified atom stereocenters. The summed E-state index contributed by atoms with van der Waals surface area (Å²) in [4.78, 5) is 0. The fourth-order valence-corrected chi connectivity index (χ4v) is 2.56. The van der Waals surface area contributed by atoms with Crippen LogP contribution >= 0.6 is 0 Å². The molecular weight excluding hydrogens is 122 g/mol. The van der Waals surface area contributed by atoms with Gasteiger partial charge < -0.3 is 5.32 Å². The number of hydrogen-bond acceptors (Lipinski definition) is 1. The Morgan fingerprint density at radius 1 is 1.30 bits per heavy atom. The molecule has 2 bridgehead atoms. The van der Waals surface area contributed by atoms with Crippen LogP contribution in [0.1, 0.15) is 32.6 Å². The van der Waals surface area contributed by atoms with Crippen LogP contribution in [0.2, 0.25) is 0 Å². The SMILES string of the molecule is CCC1CC2CNC(C1)C2. The van der Waals surface area contributed by atoms with Crippen molar-refractivity contribution in [2.45, 2.75) is 38.6 Å². The molecule has 0 amide bonds. The molecule has 1 nitrogen and oxygen atoms in total. The van der Waals surface area contributed by atoms with Crippen molar-refractivity contribution in [3.05, 3.63) is 0 Å². The van der Waals surface area contributed by atoms with Gasteiger partial charge in [0, 0.05) is 6.04 Å². The average molecular weight is 139 g/mol. The number of hydrogen-bond donors (Lipinski definition) is 1. The van der Waals surface area contributed by atoms with Crippen molar-refractivity contribution in [2.75, 3.05) is 6.54 Å². The molecule has 3 atom stereocenters. The molecule has 0 radical (unpaired) electrons. The Morgan fingerprint density at radius 3 is 2.90 bits per heavy atom. The number of rotatable bonds is 1. The maximum absolute atomic E-state index is 3.58. The van der Waals surface area contributed by atoms with Gasteiger partial charge >= 0.3 is 0 Å². The van der Waals surface area contributed by atoms with Crippen LogP contribution in [0, 0.1) is 11.8 Å². The molecule has 0 spiro atoms. The first kappa shape index (κ1) is 6.66. The van der Waals surface area contributed by atoms with Crippen LogP contribution in [0.5, 0.6) is 0 Å². The molecule has 1 heteroatoms. The average Bonchev–Trinajstić information content (AvgIpc) is 2.30. The normalized spacial score (nSPS) is 45.9. The summed E-state index contributed by atoms with van der Waals surface area (Å²) in [6, 6.07) is 0.892. The Balaban J connectivity index is 1.96. The third-order valence-corrected chi connectivity index (χ3v) is 3.17. The Bertz CT molecular complexity index is 110. The third kappa shape index (κ3) is 1.07. The minimum atomic E-state index is 0.892. The molecule has 1 saturated heterocycles. The standard InChI is InChI=1S/C9H17N/c1-2-7-3-8-5-9(4-7)10-6-8/h7-10H,2-6H2,1H3. The minimum Gasteiger partial charge on any atom is -0.314 e. The highest BCUT2D eigenvalue weighted by atomic mass is 15.0. The first-order valence-corrected chi connectivity index (χ1v) is 4.62. The second kappa shape index (κ2) is 2.54. The second-order valence-electron chi connectivity index (χ2n) is 3.95. The highest BCUT2D eigenvalue weighted by Crippen LogP contribution is 2.34. The van der Waals surface area contributed by atoms with Crippen LogP contribution < -0.4 is 5.32 Å². The van der Waals surface area contributed by atoms with E-state index in [9.17, 15) is 0 Å². The lowest BCUT2D eigenvalue weighted by molar-refractivity contribution is 0.291. The maximum atomic E-state index is 3.58. The van der Waals surface area contributed by atoms with Gasteiger partial charge in [0.05, 0.1) is 0 Å². The zero-order chi connectivity index (χ0) is 6.97. The molecule has 0 aromatic carbocycles. The summed E-state index contributed by atoms with van der Waals surface area (Å²) in [7, 11) is 0. The highest BCUT2D eigenvalue weighted by Gasteiger charge is 2.32. The molecule has 1 heterocycles. The van der Waals surface area contributed by atoms with Gasteiger partial charge in [-0.3, -0.25) is 0 Å². The van der Waals surface area contributed by atoms with Crippen molar-refractivity contribution < 1.29 is 0 Å². The quantitative estimate of drug-likeness (QED) is 0.584. The summed E-state index contributed by atoms with van der Waals surface area (Å²) >= 11 is 0. The first-order chi connectivity index (χ1) is 4.88. The van der Waals surface area contributed by atoms with Gasteiger partial charge in [-0.05, 0) is 37.6 Å². The lowest BCUT2D eigenvalue weighted by atomic mass is 9.81. The van der Waals surface area contributed by atoms with Gasteiger partial charge in [-0.15, -0.1) is 0 Å². The zero-order valence-electron chi connectivity index (χ0n) is 6.77. The smallest absolute Gasteiger partial charge is 0.00729 e. The number of nitrogens with one attached hydrogen (secondary N) is 1. The van der Waals surface area contributed by atoms with Crippen LogP contribution in [-0.4, -0.2) is 12.6 Å². The molecule has 1 N–H and O–H groups in total. The summed E-state index contributed by atoms with van der Waals surface area (Å²) in [5, 5.41) is 3.58. The van der Waals surface area contributed by atoms with E-state index in [2.05, 4.69) is 12.2 Å². The third-order valence-electron chi connectivity index (χ3n) is 3.17. The van der Waals surface area contributed by atoms with E-state index < -0.39 is 0 Å². The van der Waals surface area contributed by atoms with Crippen LogP contribution in [0.15, 0.2) is 0 Å². The fourth-order valence-electron chi connectivity index (χ4n) is 2.56. The van der Waals surface area contributed by atoms with E-state index in [-0.39, 0.29) is 0 Å². The van der Waals surface area contributed by atoms with E-state index in [0.29, 0.717) is 0 Å². The van der Waals surface area contributed by atoms with Crippen molar-refractivity contribution in [3.63, 3.8) is 0 Å². The predicted molar refractivity (Wildman–Crippen MR) is 42.9 cm³/mol. The van der Waals surface area contributed by atoms with E-state index in [1.165, 1.54) is 32.2 Å². The molecule has 1 saturated carbocycles. The Hall–Kier alpha value is -0.0400. The molecule has 0 aromatic heterocycles. The van der Waals surface area contributed by atoms with Crippen LogP contribution in [0.3, 0.4) is 0 Å². The second-order valence-corrected chi connectivity index (χ2v) is 3.95. The summed E-state index contributed by atoms with van der Waals surface area (Å²) < 4.78 is 0. The molecule has 0 aromatic rings. The lowest BCUT2D eigenvalue weighted by Crippen LogP contribution is -2.24. The molecule has 1 aliphatic carbocycles. The Morgan fingerprint density at radius 2 is 2.20 bits per heavy atom. The Kier molecular flexibility index (Phi) is 1.69. The lowest BCUT2D eigenvalue weighted by Gasteiger charge is -2.25. The topological polar surface area (TPSA) is 12.0 Å². The van der Waals surface area contributed by atoms with E-state index in [1.54, 1.807) is 0 Å². The molecule has 2 rings (SSSR count). The van der Waals surface area contributed by atoms with Crippen molar-refractivity contribution in [3.8, 4) is 0 Å². The predicted octanol–water partition coefficient (Wildman–Crippen LogP) is 1.78. The van der Waals surface area contributed by atoms with Crippen molar-refractivity contribution in [1.29, 1.82) is 0 Å². The monoisotopic (exact) mass is 139 g/mol. The van der Waals surface area contributed by atoms with Gasteiger partial charge in [-0.1, -0.05) is 13.3 Å². The van der Waals surface area contributed by atoms with Crippen molar-refractivity contribution in [1.82, 2.24) is 5.32 Å². The van der Waals surface area contributed by atoms with Crippen LogP contribution in [0.25, 0.3) is 0 Å². The Labute approximate surface area is 63.2 Å². The molecular formula is C9H17N. The van der Waals surface area contributed by atoms with Crippen molar-refractivity contribution in [2.24, 2.45) is 11.8 Å². The summed E-state index contributed by atoms with van der Waals surface area (Å²) in [6.07, 6.45) is 5.82. The van der Waals surface area contributed by atoms with E-state index in [1.807, 2.05) is 0 Å². The van der Waals surface area contributed by atoms with Gasteiger partial charge in [0.2, 0.25) is 0 Å². The van der Waals surface area contributed by atoms with Gasteiger partial charge in [0.25, 0.3) is 0 Å². The molecule has 2 fully saturated rings. The van der Waals surface area contributed by atoms with E-state index >= 15 is 0 Å². The molecule has 58 valence electrons. The fraction of sp³-hybridized carbons (Fsp3) is 1.00. The van der Waals surface area contributed by atoms with Gasteiger partial charge in [0.1, 0.15) is 0 Å². The summed E-state index contributed by atoms with van der Waals surface area (Å²) in [5.41, 5.74) is 0. The van der Waals surface area contributed by atoms with Crippen LogP contribution in [-0.2, 0) is 0 Å². The zero-order valence-corrected chi connectivity index (χ0v) is 6.77. The van der Waals surface area contributed by atoms with Crippen LogP contribution in [0.4, 0.5) is 0 Å². The van der Waals surface area contributed by atoms with E-state index in [0.717, 1.165) is 17.9 Å². The van der Waals surface area contributed by atoms with Crippen molar-refractivity contribution >= 4 is 0 Å².